The highest BCUT2D eigenvalue weighted by Gasteiger charge is 2.32. The first-order valence-electron chi connectivity index (χ1n) is 9.25. The summed E-state index contributed by atoms with van der Waals surface area (Å²) in [6.07, 6.45) is 3.93. The summed E-state index contributed by atoms with van der Waals surface area (Å²) in [6, 6.07) is 14.7. The van der Waals surface area contributed by atoms with Gasteiger partial charge in [-0.1, -0.05) is 49.7 Å². The zero-order valence-corrected chi connectivity index (χ0v) is 14.7. The Morgan fingerprint density at radius 1 is 0.962 bits per heavy atom. The van der Waals surface area contributed by atoms with E-state index >= 15 is 0 Å². The summed E-state index contributed by atoms with van der Waals surface area (Å²) in [5, 5.41) is 2.38. The number of hydrogen-bond donors (Lipinski definition) is 0. The maximum atomic E-state index is 13.9. The van der Waals surface area contributed by atoms with Crippen LogP contribution < -0.4 is 0 Å². The summed E-state index contributed by atoms with van der Waals surface area (Å²) >= 11 is 0. The fraction of sp³-hybridized carbons (Fsp3) is 0.304. The van der Waals surface area contributed by atoms with Crippen molar-refractivity contribution < 1.29 is 13.2 Å². The molecule has 3 aromatic rings. The molecule has 3 heteroatoms. The molecule has 2 atom stereocenters. The van der Waals surface area contributed by atoms with Gasteiger partial charge in [-0.3, -0.25) is 0 Å². The Kier molecular flexibility index (Phi) is 4.47. The summed E-state index contributed by atoms with van der Waals surface area (Å²) in [4.78, 5) is 0. The van der Waals surface area contributed by atoms with Crippen molar-refractivity contribution in [2.45, 2.75) is 38.5 Å². The highest BCUT2D eigenvalue weighted by atomic mass is 19.2. The second-order valence-electron chi connectivity index (χ2n) is 7.22. The van der Waals surface area contributed by atoms with Gasteiger partial charge in [0, 0.05) is 5.92 Å². The molecule has 0 radical (unpaired) electrons. The Hall–Kier alpha value is -2.29. The van der Waals surface area contributed by atoms with Crippen molar-refractivity contribution in [1.29, 1.82) is 0 Å². The Bertz CT molecular complexity index is 938. The van der Waals surface area contributed by atoms with E-state index in [4.69, 9.17) is 0 Å². The molecule has 1 aliphatic carbocycles. The molecule has 0 saturated heterocycles. The van der Waals surface area contributed by atoms with Crippen LogP contribution in [0.25, 0.3) is 10.8 Å². The van der Waals surface area contributed by atoms with Gasteiger partial charge in [-0.15, -0.1) is 0 Å². The molecule has 26 heavy (non-hydrogen) atoms. The molecular formula is C23H21F3. The maximum Gasteiger partial charge on any atom is 0.194 e. The van der Waals surface area contributed by atoms with E-state index in [0.29, 0.717) is 11.5 Å². The lowest BCUT2D eigenvalue weighted by Gasteiger charge is -2.35. The maximum absolute atomic E-state index is 13.9. The van der Waals surface area contributed by atoms with Crippen LogP contribution in [-0.2, 0) is 6.42 Å². The summed E-state index contributed by atoms with van der Waals surface area (Å²) in [5.41, 5.74) is 2.92. The SMILES string of the molecule is CCCC1CCc2c(ccc3ccccc23)C1c1cc(F)c(F)c(F)c1. The summed E-state index contributed by atoms with van der Waals surface area (Å²) in [7, 11) is 0. The van der Waals surface area contributed by atoms with E-state index in [2.05, 4.69) is 31.2 Å². The van der Waals surface area contributed by atoms with Gasteiger partial charge in [0.2, 0.25) is 0 Å². The molecule has 0 fully saturated rings. The standard InChI is InChI=1S/C23H21F3/c1-2-5-15-9-10-18-17-7-4-3-6-14(17)8-11-19(18)22(15)16-12-20(24)23(26)21(25)13-16/h3-4,6-8,11-13,15,22H,2,5,9-10H2,1H3. The highest BCUT2D eigenvalue weighted by Crippen LogP contribution is 2.45. The quantitative estimate of drug-likeness (QED) is 0.456. The first kappa shape index (κ1) is 17.1. The molecule has 0 nitrogen and oxygen atoms in total. The van der Waals surface area contributed by atoms with Crippen LogP contribution in [0.2, 0.25) is 0 Å². The summed E-state index contributed by atoms with van der Waals surface area (Å²) in [6.45, 7) is 2.12. The molecular weight excluding hydrogens is 333 g/mol. The van der Waals surface area contributed by atoms with Gasteiger partial charge in [0.15, 0.2) is 17.5 Å². The fourth-order valence-electron chi connectivity index (χ4n) is 4.56. The summed E-state index contributed by atoms with van der Waals surface area (Å²) < 4.78 is 41.3. The topological polar surface area (TPSA) is 0 Å². The largest absolute Gasteiger partial charge is 0.204 e. The number of halogens is 3. The zero-order chi connectivity index (χ0) is 18.3. The average molecular weight is 354 g/mol. The first-order chi connectivity index (χ1) is 12.6. The predicted octanol–water partition coefficient (Wildman–Crippen LogP) is 6.75. The third-order valence-corrected chi connectivity index (χ3v) is 5.67. The van der Waals surface area contributed by atoms with Gasteiger partial charge < -0.3 is 0 Å². The molecule has 2 unspecified atom stereocenters. The van der Waals surface area contributed by atoms with Crippen LogP contribution in [0.15, 0.2) is 48.5 Å². The van der Waals surface area contributed by atoms with E-state index in [1.807, 2.05) is 12.1 Å². The molecule has 0 saturated carbocycles. The molecule has 0 amide bonds. The number of rotatable bonds is 3. The van der Waals surface area contributed by atoms with Gasteiger partial charge in [-0.25, -0.2) is 13.2 Å². The van der Waals surface area contributed by atoms with Crippen molar-refractivity contribution >= 4 is 10.8 Å². The Morgan fingerprint density at radius 2 is 1.69 bits per heavy atom. The predicted molar refractivity (Wildman–Crippen MR) is 98.8 cm³/mol. The lowest BCUT2D eigenvalue weighted by molar-refractivity contribution is 0.375. The molecule has 0 N–H and O–H groups in total. The lowest BCUT2D eigenvalue weighted by atomic mass is 9.69. The number of aryl methyl sites for hydroxylation is 1. The van der Waals surface area contributed by atoms with Crippen molar-refractivity contribution in [2.75, 3.05) is 0 Å². The first-order valence-corrected chi connectivity index (χ1v) is 9.25. The lowest BCUT2D eigenvalue weighted by Crippen LogP contribution is -2.22. The minimum absolute atomic E-state index is 0.104. The van der Waals surface area contributed by atoms with Crippen LogP contribution >= 0.6 is 0 Å². The van der Waals surface area contributed by atoms with Crippen LogP contribution in [0.4, 0.5) is 13.2 Å². The minimum atomic E-state index is -1.39. The molecule has 0 spiro atoms. The van der Waals surface area contributed by atoms with Gasteiger partial charge >= 0.3 is 0 Å². The second-order valence-corrected chi connectivity index (χ2v) is 7.22. The second kappa shape index (κ2) is 6.79. The molecule has 0 heterocycles. The normalized spacial score (nSPS) is 19.5. The number of benzene rings is 3. The molecule has 0 aliphatic heterocycles. The smallest absolute Gasteiger partial charge is 0.194 e. The Labute approximate surface area is 151 Å². The third kappa shape index (κ3) is 2.80. The van der Waals surface area contributed by atoms with E-state index in [0.717, 1.165) is 31.2 Å². The Morgan fingerprint density at radius 3 is 2.42 bits per heavy atom. The monoisotopic (exact) mass is 354 g/mol. The van der Waals surface area contributed by atoms with E-state index < -0.39 is 17.5 Å². The Balaban J connectivity index is 1.92. The molecule has 3 aromatic carbocycles. The van der Waals surface area contributed by atoms with Crippen molar-refractivity contribution in [1.82, 2.24) is 0 Å². The van der Waals surface area contributed by atoms with Crippen molar-refractivity contribution in [3.8, 4) is 0 Å². The fourth-order valence-corrected chi connectivity index (χ4v) is 4.56. The molecule has 1 aliphatic rings. The number of hydrogen-bond acceptors (Lipinski definition) is 0. The average Bonchev–Trinajstić information content (AvgIpc) is 2.65. The van der Waals surface area contributed by atoms with Gasteiger partial charge in [-0.2, -0.15) is 0 Å². The minimum Gasteiger partial charge on any atom is -0.204 e. The molecule has 0 bridgehead atoms. The van der Waals surface area contributed by atoms with Crippen molar-refractivity contribution in [2.24, 2.45) is 5.92 Å². The van der Waals surface area contributed by atoms with Gasteiger partial charge in [0.1, 0.15) is 0 Å². The van der Waals surface area contributed by atoms with Crippen LogP contribution in [0.3, 0.4) is 0 Å². The van der Waals surface area contributed by atoms with Crippen molar-refractivity contribution in [3.63, 3.8) is 0 Å². The van der Waals surface area contributed by atoms with Gasteiger partial charge in [0.05, 0.1) is 0 Å². The third-order valence-electron chi connectivity index (χ3n) is 5.67. The van der Waals surface area contributed by atoms with E-state index in [1.165, 1.54) is 28.5 Å². The zero-order valence-electron chi connectivity index (χ0n) is 14.7. The van der Waals surface area contributed by atoms with Crippen LogP contribution in [-0.4, -0.2) is 0 Å². The van der Waals surface area contributed by atoms with Crippen molar-refractivity contribution in [3.05, 3.63) is 82.7 Å². The molecule has 134 valence electrons. The van der Waals surface area contributed by atoms with Crippen LogP contribution in [0.5, 0.6) is 0 Å². The van der Waals surface area contributed by atoms with E-state index in [1.54, 1.807) is 0 Å². The van der Waals surface area contributed by atoms with Gasteiger partial charge in [0.25, 0.3) is 0 Å². The molecule has 4 rings (SSSR count). The number of fused-ring (bicyclic) bond motifs is 3. The van der Waals surface area contributed by atoms with E-state index in [9.17, 15) is 13.2 Å². The van der Waals surface area contributed by atoms with Gasteiger partial charge in [-0.05, 0) is 64.8 Å². The summed E-state index contributed by atoms with van der Waals surface area (Å²) in [5.74, 6) is -3.41. The van der Waals surface area contributed by atoms with E-state index in [-0.39, 0.29) is 5.92 Å². The van der Waals surface area contributed by atoms with Crippen LogP contribution in [0, 0.1) is 23.4 Å². The van der Waals surface area contributed by atoms with Crippen LogP contribution in [0.1, 0.15) is 48.8 Å². The molecule has 0 aromatic heterocycles. The highest BCUT2D eigenvalue weighted by molar-refractivity contribution is 5.87.